The molecule has 0 saturated heterocycles. The lowest BCUT2D eigenvalue weighted by atomic mass is 9.54. The normalized spacial score (nSPS) is 30.8. The first-order valence-corrected chi connectivity index (χ1v) is 12.0. The topological polar surface area (TPSA) is 63.6 Å². The second-order valence-corrected chi connectivity index (χ2v) is 10.2. The molecule has 32 heavy (non-hydrogen) atoms. The third kappa shape index (κ3) is 3.74. The largest absolute Gasteiger partial charge is 0.489 e. The van der Waals surface area contributed by atoms with Crippen LogP contribution in [0.3, 0.4) is 0 Å². The summed E-state index contributed by atoms with van der Waals surface area (Å²) < 4.78 is 6.06. The number of Topliss-reactive ketones (excluding diaryl/α,β-unsaturated/α-hetero) is 1. The van der Waals surface area contributed by atoms with E-state index in [0.29, 0.717) is 43.0 Å². The Balaban J connectivity index is 1.35. The molecule has 0 amide bonds. The van der Waals surface area contributed by atoms with E-state index in [4.69, 9.17) is 4.74 Å². The van der Waals surface area contributed by atoms with E-state index in [-0.39, 0.29) is 17.8 Å². The summed E-state index contributed by atoms with van der Waals surface area (Å²) in [4.78, 5) is 24.2. The van der Waals surface area contributed by atoms with Gasteiger partial charge >= 0.3 is 5.97 Å². The van der Waals surface area contributed by atoms with Gasteiger partial charge in [0, 0.05) is 18.3 Å². The molecule has 5 atom stereocenters. The Morgan fingerprint density at radius 1 is 1.16 bits per heavy atom. The number of carboxylic acid groups (broad SMARTS) is 1. The third-order valence-electron chi connectivity index (χ3n) is 8.52. The standard InChI is InChI=1S/C28H32O4/c1-28-14-13-23-22-11-9-21(32-17-18-5-3-2-4-6-18)15-19(22)7-10-24(23)27(28)20(16-25(28)29)8-12-26(30)31/h2-6,9,11,15,20,23-24,27H,7-8,10,12-14,16-17H2,1H3,(H,30,31)/t20-,23-,24-,27+,28-/m1/s1. The Morgan fingerprint density at radius 2 is 1.97 bits per heavy atom. The molecule has 2 saturated carbocycles. The van der Waals surface area contributed by atoms with Gasteiger partial charge in [-0.3, -0.25) is 9.59 Å². The van der Waals surface area contributed by atoms with Crippen LogP contribution in [0.4, 0.5) is 0 Å². The van der Waals surface area contributed by atoms with Crippen molar-refractivity contribution in [3.05, 3.63) is 65.2 Å². The number of aliphatic carboxylic acids is 1. The average molecular weight is 433 g/mol. The molecule has 0 aliphatic heterocycles. The minimum Gasteiger partial charge on any atom is -0.489 e. The molecule has 2 fully saturated rings. The van der Waals surface area contributed by atoms with Crippen LogP contribution < -0.4 is 4.74 Å². The Kier molecular flexibility index (Phi) is 5.56. The van der Waals surface area contributed by atoms with Gasteiger partial charge in [-0.05, 0) is 84.6 Å². The quantitative estimate of drug-likeness (QED) is 0.628. The first kappa shape index (κ1) is 21.2. The predicted octanol–water partition coefficient (Wildman–Crippen LogP) is 5.78. The van der Waals surface area contributed by atoms with Crippen LogP contribution in [0, 0.1) is 23.2 Å². The van der Waals surface area contributed by atoms with Gasteiger partial charge in [0.05, 0.1) is 0 Å². The number of hydrogen-bond donors (Lipinski definition) is 1. The summed E-state index contributed by atoms with van der Waals surface area (Å²) in [5, 5.41) is 9.21. The van der Waals surface area contributed by atoms with Crippen molar-refractivity contribution >= 4 is 11.8 Å². The van der Waals surface area contributed by atoms with Crippen molar-refractivity contribution in [1.82, 2.24) is 0 Å². The molecule has 0 aromatic heterocycles. The van der Waals surface area contributed by atoms with E-state index in [0.717, 1.165) is 37.0 Å². The first-order valence-electron chi connectivity index (χ1n) is 12.0. The van der Waals surface area contributed by atoms with Crippen molar-refractivity contribution in [2.75, 3.05) is 0 Å². The Labute approximate surface area is 190 Å². The zero-order chi connectivity index (χ0) is 22.3. The summed E-state index contributed by atoms with van der Waals surface area (Å²) in [6, 6.07) is 16.8. The molecule has 5 rings (SSSR count). The van der Waals surface area contributed by atoms with Gasteiger partial charge in [-0.2, -0.15) is 0 Å². The Bertz CT molecular complexity index is 1010. The third-order valence-corrected chi connectivity index (χ3v) is 8.52. The first-order chi connectivity index (χ1) is 15.5. The summed E-state index contributed by atoms with van der Waals surface area (Å²) in [6.07, 6.45) is 5.42. The lowest BCUT2D eigenvalue weighted by molar-refractivity contribution is -0.137. The number of aryl methyl sites for hydroxylation is 1. The van der Waals surface area contributed by atoms with E-state index >= 15 is 0 Å². The highest BCUT2D eigenvalue weighted by molar-refractivity contribution is 5.87. The summed E-state index contributed by atoms with van der Waals surface area (Å²) >= 11 is 0. The van der Waals surface area contributed by atoms with E-state index < -0.39 is 5.97 Å². The minimum absolute atomic E-state index is 0.167. The summed E-state index contributed by atoms with van der Waals surface area (Å²) in [7, 11) is 0. The van der Waals surface area contributed by atoms with Gasteiger partial charge in [0.1, 0.15) is 18.1 Å². The van der Waals surface area contributed by atoms with Crippen LogP contribution in [0.2, 0.25) is 0 Å². The highest BCUT2D eigenvalue weighted by atomic mass is 16.5. The number of hydrogen-bond acceptors (Lipinski definition) is 3. The van der Waals surface area contributed by atoms with Gasteiger partial charge in [0.15, 0.2) is 0 Å². The molecule has 3 aliphatic carbocycles. The van der Waals surface area contributed by atoms with Crippen molar-refractivity contribution in [2.45, 2.75) is 64.4 Å². The predicted molar refractivity (Wildman–Crippen MR) is 123 cm³/mol. The molecule has 0 radical (unpaired) electrons. The van der Waals surface area contributed by atoms with Crippen molar-refractivity contribution < 1.29 is 19.4 Å². The molecule has 2 aromatic carbocycles. The maximum Gasteiger partial charge on any atom is 0.303 e. The van der Waals surface area contributed by atoms with Crippen LogP contribution in [0.1, 0.15) is 68.1 Å². The van der Waals surface area contributed by atoms with Crippen molar-refractivity contribution in [3.63, 3.8) is 0 Å². The van der Waals surface area contributed by atoms with Gasteiger partial charge in [-0.25, -0.2) is 0 Å². The smallest absolute Gasteiger partial charge is 0.303 e. The number of benzene rings is 2. The molecule has 1 N–H and O–H groups in total. The van der Waals surface area contributed by atoms with Crippen molar-refractivity contribution in [3.8, 4) is 5.75 Å². The van der Waals surface area contributed by atoms with Gasteiger partial charge in [-0.15, -0.1) is 0 Å². The average Bonchev–Trinajstić information content (AvgIpc) is 3.06. The molecule has 4 nitrogen and oxygen atoms in total. The lowest BCUT2D eigenvalue weighted by Gasteiger charge is -2.50. The number of rotatable bonds is 6. The van der Waals surface area contributed by atoms with Gasteiger partial charge in [0.25, 0.3) is 0 Å². The minimum atomic E-state index is -0.754. The molecular formula is C28H32O4. The van der Waals surface area contributed by atoms with Crippen LogP contribution >= 0.6 is 0 Å². The zero-order valence-electron chi connectivity index (χ0n) is 18.8. The summed E-state index contributed by atoms with van der Waals surface area (Å²) in [6.45, 7) is 2.73. The Hall–Kier alpha value is -2.62. The molecule has 0 heterocycles. The van der Waals surface area contributed by atoms with Crippen LogP contribution in [0.25, 0.3) is 0 Å². The lowest BCUT2D eigenvalue weighted by Crippen LogP contribution is -2.44. The maximum absolute atomic E-state index is 13.0. The molecule has 0 bridgehead atoms. The van der Waals surface area contributed by atoms with E-state index in [1.165, 1.54) is 11.1 Å². The van der Waals surface area contributed by atoms with E-state index in [2.05, 4.69) is 37.3 Å². The number of ether oxygens (including phenoxy) is 1. The van der Waals surface area contributed by atoms with Gasteiger partial charge < -0.3 is 9.84 Å². The molecule has 4 heteroatoms. The molecular weight excluding hydrogens is 400 g/mol. The number of carbonyl (C=O) groups is 2. The molecule has 0 spiro atoms. The van der Waals surface area contributed by atoms with Crippen LogP contribution in [0.15, 0.2) is 48.5 Å². The maximum atomic E-state index is 13.0. The second kappa shape index (κ2) is 8.38. The molecule has 168 valence electrons. The highest BCUT2D eigenvalue weighted by Gasteiger charge is 2.58. The number of fused-ring (bicyclic) bond motifs is 5. The summed E-state index contributed by atoms with van der Waals surface area (Å²) in [5.74, 6) is 2.01. The Morgan fingerprint density at radius 3 is 2.75 bits per heavy atom. The number of ketones is 1. The van der Waals surface area contributed by atoms with Crippen LogP contribution in [-0.2, 0) is 22.6 Å². The molecule has 2 aromatic rings. The number of carbonyl (C=O) groups excluding carboxylic acids is 1. The van der Waals surface area contributed by atoms with Crippen LogP contribution in [-0.4, -0.2) is 16.9 Å². The highest BCUT2D eigenvalue weighted by Crippen LogP contribution is 2.62. The molecule has 0 unspecified atom stereocenters. The van der Waals surface area contributed by atoms with Gasteiger partial charge in [-0.1, -0.05) is 43.3 Å². The summed E-state index contributed by atoms with van der Waals surface area (Å²) in [5.41, 5.74) is 3.70. The SMILES string of the molecule is C[C@]12CC[C@@H]3c4ccc(OCc5ccccc5)cc4CC[C@H]3[C@@H]1[C@H](CCC(=O)O)CC2=O. The van der Waals surface area contributed by atoms with Gasteiger partial charge in [0.2, 0.25) is 0 Å². The van der Waals surface area contributed by atoms with Crippen LogP contribution in [0.5, 0.6) is 5.75 Å². The fourth-order valence-corrected chi connectivity index (χ4v) is 7.02. The fourth-order valence-electron chi connectivity index (χ4n) is 7.02. The fraction of sp³-hybridized carbons (Fsp3) is 0.500. The molecule has 3 aliphatic rings. The zero-order valence-corrected chi connectivity index (χ0v) is 18.8. The van der Waals surface area contributed by atoms with E-state index in [1.807, 2.05) is 18.2 Å². The van der Waals surface area contributed by atoms with Crippen molar-refractivity contribution in [2.24, 2.45) is 23.2 Å². The second-order valence-electron chi connectivity index (χ2n) is 10.2. The van der Waals surface area contributed by atoms with Crippen molar-refractivity contribution in [1.29, 1.82) is 0 Å². The van der Waals surface area contributed by atoms with E-state index in [9.17, 15) is 14.7 Å². The monoisotopic (exact) mass is 432 g/mol. The number of carboxylic acids is 1. The van der Waals surface area contributed by atoms with E-state index in [1.54, 1.807) is 0 Å².